The van der Waals surface area contributed by atoms with E-state index in [0.29, 0.717) is 12.0 Å². The molecule has 1 aromatic rings. The first kappa shape index (κ1) is 14.0. The van der Waals surface area contributed by atoms with E-state index in [1.807, 2.05) is 11.8 Å². The topological polar surface area (TPSA) is 38.0 Å². The van der Waals surface area contributed by atoms with Gasteiger partial charge in [-0.3, -0.25) is 11.3 Å². The molecule has 1 atom stereocenters. The van der Waals surface area contributed by atoms with Crippen molar-refractivity contribution in [2.24, 2.45) is 11.8 Å². The summed E-state index contributed by atoms with van der Waals surface area (Å²) in [6, 6.07) is 8.76. The molecule has 0 saturated carbocycles. The van der Waals surface area contributed by atoms with Crippen molar-refractivity contribution in [3.8, 4) is 0 Å². The molecule has 2 nitrogen and oxygen atoms in total. The molecule has 0 aliphatic rings. The molecule has 1 rings (SSSR count). The number of hydrogen-bond acceptors (Lipinski definition) is 3. The van der Waals surface area contributed by atoms with Crippen LogP contribution in [0.2, 0.25) is 0 Å². The van der Waals surface area contributed by atoms with Crippen LogP contribution in [-0.4, -0.2) is 11.8 Å². The summed E-state index contributed by atoms with van der Waals surface area (Å²) in [5, 5.41) is 0. The third kappa shape index (κ3) is 5.34. The molecule has 0 fully saturated rings. The van der Waals surface area contributed by atoms with Gasteiger partial charge in [0.2, 0.25) is 0 Å². The van der Waals surface area contributed by atoms with Gasteiger partial charge in [0, 0.05) is 21.2 Å². The van der Waals surface area contributed by atoms with Gasteiger partial charge in [-0.25, -0.2) is 0 Å². The zero-order chi connectivity index (χ0) is 12.0. The molecule has 0 spiro atoms. The van der Waals surface area contributed by atoms with E-state index in [0.717, 1.165) is 16.6 Å². The third-order valence-electron chi connectivity index (χ3n) is 2.26. The van der Waals surface area contributed by atoms with E-state index in [9.17, 15) is 0 Å². The number of rotatable bonds is 6. The minimum absolute atomic E-state index is 0.383. The summed E-state index contributed by atoms with van der Waals surface area (Å²) in [6.45, 7) is 4.43. The van der Waals surface area contributed by atoms with Gasteiger partial charge < -0.3 is 0 Å². The normalized spacial score (nSPS) is 13.1. The van der Waals surface area contributed by atoms with Crippen LogP contribution in [0.5, 0.6) is 0 Å². The maximum absolute atomic E-state index is 5.54. The molecule has 16 heavy (non-hydrogen) atoms. The second-order valence-electron chi connectivity index (χ2n) is 4.26. The van der Waals surface area contributed by atoms with Gasteiger partial charge in [0.1, 0.15) is 0 Å². The lowest BCUT2D eigenvalue weighted by atomic mass is 10.1. The molecular weight excluding hydrogens is 284 g/mol. The van der Waals surface area contributed by atoms with Crippen molar-refractivity contribution in [1.82, 2.24) is 5.43 Å². The Kier molecular flexibility index (Phi) is 6.43. The minimum atomic E-state index is 0.383. The summed E-state index contributed by atoms with van der Waals surface area (Å²) in [4.78, 5) is 1.28. The summed E-state index contributed by atoms with van der Waals surface area (Å²) in [5.41, 5.74) is 2.88. The van der Waals surface area contributed by atoms with Crippen LogP contribution in [0, 0.1) is 5.92 Å². The highest BCUT2D eigenvalue weighted by molar-refractivity contribution is 9.10. The average Bonchev–Trinajstić information content (AvgIpc) is 2.26. The number of nitrogens with two attached hydrogens (primary N) is 1. The first-order valence-corrected chi connectivity index (χ1v) is 7.24. The van der Waals surface area contributed by atoms with Crippen LogP contribution in [-0.2, 0) is 0 Å². The molecule has 0 bridgehead atoms. The fraction of sp³-hybridized carbons (Fsp3) is 0.500. The van der Waals surface area contributed by atoms with E-state index in [1.54, 1.807) is 0 Å². The van der Waals surface area contributed by atoms with Gasteiger partial charge in [-0.1, -0.05) is 29.8 Å². The Hall–Kier alpha value is -0.0300. The van der Waals surface area contributed by atoms with E-state index in [2.05, 4.69) is 59.5 Å². The first-order valence-electron chi connectivity index (χ1n) is 5.46. The third-order valence-corrected chi connectivity index (χ3v) is 3.96. The highest BCUT2D eigenvalue weighted by Crippen LogP contribution is 2.22. The number of hydrogen-bond donors (Lipinski definition) is 2. The van der Waals surface area contributed by atoms with Crippen LogP contribution in [0.1, 0.15) is 20.3 Å². The van der Waals surface area contributed by atoms with Gasteiger partial charge in [-0.15, -0.1) is 11.8 Å². The molecule has 0 amide bonds. The van der Waals surface area contributed by atoms with E-state index in [1.165, 1.54) is 4.90 Å². The van der Waals surface area contributed by atoms with Crippen LogP contribution in [0.15, 0.2) is 33.6 Å². The van der Waals surface area contributed by atoms with E-state index in [-0.39, 0.29) is 0 Å². The van der Waals surface area contributed by atoms with Crippen molar-refractivity contribution < 1.29 is 0 Å². The zero-order valence-corrected chi connectivity index (χ0v) is 12.1. The van der Waals surface area contributed by atoms with E-state index in [4.69, 9.17) is 5.84 Å². The van der Waals surface area contributed by atoms with Crippen molar-refractivity contribution >= 4 is 27.7 Å². The molecule has 0 heterocycles. The maximum Gasteiger partial charge on any atom is 0.0307 e. The fourth-order valence-corrected chi connectivity index (χ4v) is 2.70. The van der Waals surface area contributed by atoms with Crippen molar-refractivity contribution in [2.75, 3.05) is 5.75 Å². The highest BCUT2D eigenvalue weighted by atomic mass is 79.9. The van der Waals surface area contributed by atoms with Crippen molar-refractivity contribution in [2.45, 2.75) is 31.2 Å². The number of nitrogens with one attached hydrogen (secondary N) is 1. The molecule has 0 aliphatic carbocycles. The molecule has 1 aromatic carbocycles. The van der Waals surface area contributed by atoms with Gasteiger partial charge >= 0.3 is 0 Å². The lowest BCUT2D eigenvalue weighted by molar-refractivity contribution is 0.456. The lowest BCUT2D eigenvalue weighted by Gasteiger charge is -2.17. The Labute approximate surface area is 110 Å². The number of hydrazine groups is 1. The van der Waals surface area contributed by atoms with Crippen molar-refractivity contribution in [3.63, 3.8) is 0 Å². The molecule has 0 aliphatic heterocycles. The SMILES string of the molecule is CC(C)CC(CSc1ccc(Br)cc1)NN. The monoisotopic (exact) mass is 302 g/mol. The van der Waals surface area contributed by atoms with Crippen LogP contribution < -0.4 is 11.3 Å². The Balaban J connectivity index is 2.40. The number of thioether (sulfide) groups is 1. The molecule has 0 radical (unpaired) electrons. The van der Waals surface area contributed by atoms with E-state index < -0.39 is 0 Å². The molecule has 0 aromatic heterocycles. The molecule has 4 heteroatoms. The van der Waals surface area contributed by atoms with Gasteiger partial charge in [-0.2, -0.15) is 0 Å². The predicted octanol–water partition coefficient (Wildman–Crippen LogP) is 3.42. The Bertz CT molecular complexity index is 300. The first-order chi connectivity index (χ1) is 7.61. The van der Waals surface area contributed by atoms with Crippen molar-refractivity contribution in [3.05, 3.63) is 28.7 Å². The largest absolute Gasteiger partial charge is 0.271 e. The van der Waals surface area contributed by atoms with Gasteiger partial charge in [0.25, 0.3) is 0 Å². The van der Waals surface area contributed by atoms with Crippen molar-refractivity contribution in [1.29, 1.82) is 0 Å². The average molecular weight is 303 g/mol. The summed E-state index contributed by atoms with van der Waals surface area (Å²) in [5.74, 6) is 7.22. The summed E-state index contributed by atoms with van der Waals surface area (Å²) < 4.78 is 1.12. The molecule has 0 saturated heterocycles. The number of benzene rings is 1. The van der Waals surface area contributed by atoms with E-state index >= 15 is 0 Å². The standard InChI is InChI=1S/C12H19BrN2S/c1-9(2)7-11(15-14)8-16-12-5-3-10(13)4-6-12/h3-6,9,11,15H,7-8,14H2,1-2H3. The lowest BCUT2D eigenvalue weighted by Crippen LogP contribution is -2.37. The predicted molar refractivity (Wildman–Crippen MR) is 75.4 cm³/mol. The number of halogens is 1. The van der Waals surface area contributed by atoms with Crippen LogP contribution >= 0.6 is 27.7 Å². The van der Waals surface area contributed by atoms with Crippen LogP contribution in [0.4, 0.5) is 0 Å². The molecule has 90 valence electrons. The molecule has 3 N–H and O–H groups in total. The van der Waals surface area contributed by atoms with Gasteiger partial charge in [-0.05, 0) is 36.6 Å². The summed E-state index contributed by atoms with van der Waals surface area (Å²) >= 11 is 5.27. The zero-order valence-electron chi connectivity index (χ0n) is 9.74. The summed E-state index contributed by atoms with van der Waals surface area (Å²) in [6.07, 6.45) is 1.11. The minimum Gasteiger partial charge on any atom is -0.271 e. The van der Waals surface area contributed by atoms with Gasteiger partial charge in [0.15, 0.2) is 0 Å². The van der Waals surface area contributed by atoms with Crippen LogP contribution in [0.25, 0.3) is 0 Å². The highest BCUT2D eigenvalue weighted by Gasteiger charge is 2.09. The van der Waals surface area contributed by atoms with Gasteiger partial charge in [0.05, 0.1) is 0 Å². The quantitative estimate of drug-likeness (QED) is 0.480. The Morgan fingerprint density at radius 2 is 1.94 bits per heavy atom. The summed E-state index contributed by atoms with van der Waals surface area (Å²) in [7, 11) is 0. The fourth-order valence-electron chi connectivity index (χ4n) is 1.48. The molecule has 1 unspecified atom stereocenters. The second kappa shape index (κ2) is 7.33. The Morgan fingerprint density at radius 1 is 1.31 bits per heavy atom. The Morgan fingerprint density at radius 3 is 2.44 bits per heavy atom. The maximum atomic E-state index is 5.54. The molecular formula is C12H19BrN2S. The second-order valence-corrected chi connectivity index (χ2v) is 6.27. The smallest absolute Gasteiger partial charge is 0.0307 e. The van der Waals surface area contributed by atoms with Crippen LogP contribution in [0.3, 0.4) is 0 Å².